The summed E-state index contributed by atoms with van der Waals surface area (Å²) in [5, 5.41) is 5.66. The number of nitrogens with zero attached hydrogens (tertiary/aromatic N) is 2. The summed E-state index contributed by atoms with van der Waals surface area (Å²) in [6.45, 7) is 7.01. The van der Waals surface area contributed by atoms with Gasteiger partial charge in [0.2, 0.25) is 5.91 Å². The topological polar surface area (TPSA) is 47.6 Å². The average Bonchev–Trinajstić information content (AvgIpc) is 2.55. The Hall–Kier alpha value is -0.280. The number of likely N-dealkylation sites (tertiary alicyclic amines) is 1. The van der Waals surface area contributed by atoms with Gasteiger partial charge in [-0.3, -0.25) is 14.6 Å². The van der Waals surface area contributed by atoms with E-state index in [1.54, 1.807) is 0 Å². The number of halogens is 5. The Morgan fingerprint density at radius 2 is 1.56 bits per heavy atom. The van der Waals surface area contributed by atoms with Crippen LogP contribution >= 0.6 is 24.8 Å². The highest BCUT2D eigenvalue weighted by Gasteiger charge is 2.44. The van der Waals surface area contributed by atoms with Crippen LogP contribution in [0.15, 0.2) is 0 Å². The Balaban J connectivity index is 0.00000338. The lowest BCUT2D eigenvalue weighted by atomic mass is 9.98. The van der Waals surface area contributed by atoms with Gasteiger partial charge in [-0.1, -0.05) is 20.3 Å². The molecule has 0 saturated carbocycles. The number of hydrogen-bond donors (Lipinski definition) is 2. The van der Waals surface area contributed by atoms with E-state index < -0.39 is 12.2 Å². The van der Waals surface area contributed by atoms with Gasteiger partial charge in [0.15, 0.2) is 0 Å². The van der Waals surface area contributed by atoms with Crippen molar-refractivity contribution in [3.05, 3.63) is 0 Å². The second-order valence-corrected chi connectivity index (χ2v) is 7.37. The first-order valence-electron chi connectivity index (χ1n) is 9.34. The lowest BCUT2D eigenvalue weighted by Gasteiger charge is -2.38. The van der Waals surface area contributed by atoms with Crippen molar-refractivity contribution in [1.29, 1.82) is 0 Å². The molecule has 0 spiro atoms. The predicted molar refractivity (Wildman–Crippen MR) is 106 cm³/mol. The maximum absolute atomic E-state index is 13.4. The highest BCUT2D eigenvalue weighted by molar-refractivity contribution is 5.85. The summed E-state index contributed by atoms with van der Waals surface area (Å²) in [7, 11) is 0. The third-order valence-corrected chi connectivity index (χ3v) is 5.12. The Morgan fingerprint density at radius 3 is 2.04 bits per heavy atom. The molecule has 10 heteroatoms. The lowest BCUT2D eigenvalue weighted by Crippen LogP contribution is -2.59. The van der Waals surface area contributed by atoms with Crippen molar-refractivity contribution in [2.24, 2.45) is 5.92 Å². The van der Waals surface area contributed by atoms with Crippen molar-refractivity contribution in [3.8, 4) is 0 Å². The van der Waals surface area contributed by atoms with E-state index in [4.69, 9.17) is 0 Å². The van der Waals surface area contributed by atoms with Crippen LogP contribution in [0.3, 0.4) is 0 Å². The standard InChI is InChI=1S/C17H31F3N4O.2ClH/c1-13(2)15(24-8-4-3-5-9-24)16(25)22-12-14(17(18,19)20)23-10-6-21-7-11-23;;/h13-15,21H,3-12H2,1-2H3,(H,22,25);2*1H. The van der Waals surface area contributed by atoms with E-state index in [0.717, 1.165) is 32.4 Å². The number of hydrogen-bond acceptors (Lipinski definition) is 4. The molecule has 0 radical (unpaired) electrons. The quantitative estimate of drug-likeness (QED) is 0.670. The molecular formula is C17H33Cl2F3N4O. The van der Waals surface area contributed by atoms with E-state index in [0.29, 0.717) is 26.2 Å². The van der Waals surface area contributed by atoms with E-state index in [-0.39, 0.29) is 49.2 Å². The van der Waals surface area contributed by atoms with Crippen LogP contribution in [-0.4, -0.2) is 79.8 Å². The predicted octanol–water partition coefficient (Wildman–Crippen LogP) is 2.29. The van der Waals surface area contributed by atoms with Gasteiger partial charge in [-0.15, -0.1) is 24.8 Å². The minimum absolute atomic E-state index is 0. The number of alkyl halides is 3. The van der Waals surface area contributed by atoms with E-state index in [1.807, 2.05) is 13.8 Å². The minimum atomic E-state index is -4.34. The molecule has 0 aromatic carbocycles. The third kappa shape index (κ3) is 7.93. The molecule has 2 unspecified atom stereocenters. The highest BCUT2D eigenvalue weighted by atomic mass is 35.5. The largest absolute Gasteiger partial charge is 0.405 e. The molecule has 2 rings (SSSR count). The molecule has 2 fully saturated rings. The zero-order valence-electron chi connectivity index (χ0n) is 16.1. The zero-order valence-corrected chi connectivity index (χ0v) is 17.7. The minimum Gasteiger partial charge on any atom is -0.353 e. The van der Waals surface area contributed by atoms with Gasteiger partial charge in [-0.05, 0) is 31.8 Å². The number of amides is 1. The Labute approximate surface area is 172 Å². The van der Waals surface area contributed by atoms with Crippen LogP contribution in [-0.2, 0) is 4.79 Å². The molecule has 1 amide bonds. The normalized spacial score (nSPS) is 21.7. The Kier molecular flexibility index (Phi) is 12.2. The highest BCUT2D eigenvalue weighted by Crippen LogP contribution is 2.25. The smallest absolute Gasteiger partial charge is 0.353 e. The summed E-state index contributed by atoms with van der Waals surface area (Å²) in [5.41, 5.74) is 0. The summed E-state index contributed by atoms with van der Waals surface area (Å²) in [5.74, 6) is -0.206. The van der Waals surface area contributed by atoms with Gasteiger partial charge >= 0.3 is 6.18 Å². The maximum atomic E-state index is 13.4. The molecular weight excluding hydrogens is 404 g/mol. The second-order valence-electron chi connectivity index (χ2n) is 7.37. The lowest BCUT2D eigenvalue weighted by molar-refractivity contribution is -0.184. The second kappa shape index (κ2) is 12.3. The van der Waals surface area contributed by atoms with E-state index in [2.05, 4.69) is 15.5 Å². The fourth-order valence-electron chi connectivity index (χ4n) is 3.83. The number of carbonyl (C=O) groups excluding carboxylic acids is 1. The van der Waals surface area contributed by atoms with Crippen LogP contribution in [0.4, 0.5) is 13.2 Å². The summed E-state index contributed by atoms with van der Waals surface area (Å²) < 4.78 is 40.3. The summed E-state index contributed by atoms with van der Waals surface area (Å²) >= 11 is 0. The first-order chi connectivity index (χ1) is 11.8. The monoisotopic (exact) mass is 436 g/mol. The fourth-order valence-corrected chi connectivity index (χ4v) is 3.83. The number of rotatable bonds is 6. The Morgan fingerprint density at radius 1 is 1.00 bits per heavy atom. The molecule has 2 saturated heterocycles. The molecule has 0 aromatic rings. The average molecular weight is 437 g/mol. The van der Waals surface area contributed by atoms with E-state index in [1.165, 1.54) is 4.90 Å². The third-order valence-electron chi connectivity index (χ3n) is 5.12. The molecule has 2 aliphatic rings. The molecule has 0 aromatic heterocycles. The zero-order chi connectivity index (χ0) is 18.4. The number of piperidine rings is 1. The molecule has 162 valence electrons. The molecule has 2 heterocycles. The molecule has 27 heavy (non-hydrogen) atoms. The molecule has 5 nitrogen and oxygen atoms in total. The number of nitrogens with one attached hydrogen (secondary N) is 2. The SMILES string of the molecule is CC(C)C(C(=O)NCC(N1CCNCC1)C(F)(F)F)N1CCCCC1.Cl.Cl. The Bertz CT molecular complexity index is 429. The molecule has 2 N–H and O–H groups in total. The number of piperazine rings is 1. The van der Waals surface area contributed by atoms with E-state index >= 15 is 0 Å². The van der Waals surface area contributed by atoms with Gasteiger partial charge in [0, 0.05) is 32.7 Å². The van der Waals surface area contributed by atoms with Gasteiger partial charge in [0.1, 0.15) is 6.04 Å². The molecule has 2 atom stereocenters. The van der Waals surface area contributed by atoms with Gasteiger partial charge in [-0.2, -0.15) is 13.2 Å². The number of carbonyl (C=O) groups is 1. The van der Waals surface area contributed by atoms with Crippen molar-refractivity contribution in [3.63, 3.8) is 0 Å². The van der Waals surface area contributed by atoms with Gasteiger partial charge in [0.05, 0.1) is 6.04 Å². The first kappa shape index (κ1) is 26.7. The van der Waals surface area contributed by atoms with Crippen LogP contribution in [0, 0.1) is 5.92 Å². The van der Waals surface area contributed by atoms with E-state index in [9.17, 15) is 18.0 Å². The van der Waals surface area contributed by atoms with Gasteiger partial charge < -0.3 is 10.6 Å². The fraction of sp³-hybridized carbons (Fsp3) is 0.941. The van der Waals surface area contributed by atoms with Crippen molar-refractivity contribution in [2.75, 3.05) is 45.8 Å². The van der Waals surface area contributed by atoms with Crippen molar-refractivity contribution < 1.29 is 18.0 Å². The van der Waals surface area contributed by atoms with Gasteiger partial charge in [-0.25, -0.2) is 0 Å². The first-order valence-corrected chi connectivity index (χ1v) is 9.34. The van der Waals surface area contributed by atoms with Crippen LogP contribution in [0.1, 0.15) is 33.1 Å². The maximum Gasteiger partial charge on any atom is 0.405 e. The van der Waals surface area contributed by atoms with Crippen LogP contribution in [0.25, 0.3) is 0 Å². The van der Waals surface area contributed by atoms with Crippen LogP contribution < -0.4 is 10.6 Å². The summed E-state index contributed by atoms with van der Waals surface area (Å²) in [4.78, 5) is 16.2. The summed E-state index contributed by atoms with van der Waals surface area (Å²) in [6, 6.07) is -1.97. The van der Waals surface area contributed by atoms with Gasteiger partial charge in [0.25, 0.3) is 0 Å². The van der Waals surface area contributed by atoms with Crippen LogP contribution in [0.5, 0.6) is 0 Å². The van der Waals surface area contributed by atoms with Crippen molar-refractivity contribution in [1.82, 2.24) is 20.4 Å². The molecule has 0 aliphatic carbocycles. The van der Waals surface area contributed by atoms with Crippen molar-refractivity contribution in [2.45, 2.75) is 51.4 Å². The molecule has 2 aliphatic heterocycles. The van der Waals surface area contributed by atoms with Crippen molar-refractivity contribution >= 4 is 30.7 Å². The molecule has 0 bridgehead atoms. The van der Waals surface area contributed by atoms with Crippen LogP contribution in [0.2, 0.25) is 0 Å². The summed E-state index contributed by atoms with van der Waals surface area (Å²) in [6.07, 6.45) is -1.10.